The summed E-state index contributed by atoms with van der Waals surface area (Å²) >= 11 is 0. The van der Waals surface area contributed by atoms with Crippen LogP contribution in [-0.4, -0.2) is 42.2 Å². The van der Waals surface area contributed by atoms with Crippen LogP contribution in [0.25, 0.3) is 0 Å². The molecule has 0 fully saturated rings. The van der Waals surface area contributed by atoms with Gasteiger partial charge >= 0.3 is 0 Å². The first-order chi connectivity index (χ1) is 11.5. The van der Waals surface area contributed by atoms with Gasteiger partial charge in [0.2, 0.25) is 0 Å². The Balaban J connectivity index is 0.000000970. The number of amidine groups is 1. The van der Waals surface area contributed by atoms with Gasteiger partial charge in [0.25, 0.3) is 12.4 Å². The summed E-state index contributed by atoms with van der Waals surface area (Å²) in [6.07, 6.45) is 0. The van der Waals surface area contributed by atoms with Crippen LogP contribution in [0.1, 0.15) is 26.3 Å². The highest BCUT2D eigenvalue weighted by atomic mass is 19.1. The van der Waals surface area contributed by atoms with Crippen LogP contribution in [0.5, 0.6) is 0 Å². The minimum absolute atomic E-state index is 0.163. The smallest absolute Gasteiger partial charge is 0.290 e. The lowest BCUT2D eigenvalue weighted by atomic mass is 9.91. The number of hydrogen-bond acceptors (Lipinski definition) is 5. The fourth-order valence-corrected chi connectivity index (χ4v) is 2.17. The molecule has 0 aliphatic carbocycles. The lowest BCUT2D eigenvalue weighted by Gasteiger charge is -2.30. The van der Waals surface area contributed by atoms with Crippen LogP contribution in [0.15, 0.2) is 23.2 Å². The summed E-state index contributed by atoms with van der Waals surface area (Å²) < 4.78 is 33.0. The predicted molar refractivity (Wildman–Crippen MR) is 88.7 cm³/mol. The molecule has 7 nitrogen and oxygen atoms in total. The molecule has 138 valence electrons. The largest absolute Gasteiger partial charge is 0.483 e. The highest BCUT2D eigenvalue weighted by Crippen LogP contribution is 2.32. The van der Waals surface area contributed by atoms with E-state index < -0.39 is 22.9 Å². The van der Waals surface area contributed by atoms with E-state index >= 15 is 0 Å². The summed E-state index contributed by atoms with van der Waals surface area (Å²) in [5.41, 5.74) is 3.15. The third-order valence-electron chi connectivity index (χ3n) is 3.37. The van der Waals surface area contributed by atoms with Gasteiger partial charge in [0.05, 0.1) is 6.61 Å². The van der Waals surface area contributed by atoms with Crippen LogP contribution >= 0.6 is 0 Å². The summed E-state index contributed by atoms with van der Waals surface area (Å²) in [6, 6.07) is 3.98. The van der Waals surface area contributed by atoms with Gasteiger partial charge in [-0.3, -0.25) is 14.6 Å². The Hall–Kier alpha value is -2.55. The van der Waals surface area contributed by atoms with E-state index in [4.69, 9.17) is 20.4 Å². The number of rotatable bonds is 3. The number of anilines is 1. The van der Waals surface area contributed by atoms with Gasteiger partial charge in [-0.2, -0.15) is 0 Å². The number of ether oxygens (including phenoxy) is 1. The summed E-state index contributed by atoms with van der Waals surface area (Å²) in [6.45, 7) is 4.09. The molecule has 0 unspecified atom stereocenters. The molecule has 0 radical (unpaired) electrons. The zero-order valence-corrected chi connectivity index (χ0v) is 14.2. The molecule has 1 aromatic carbocycles. The number of hydrogen-bond donors (Lipinski definition) is 3. The molecule has 1 aliphatic heterocycles. The molecule has 0 saturated heterocycles. The first kappa shape index (κ1) is 20.5. The Morgan fingerprint density at radius 1 is 1.52 bits per heavy atom. The molecular weight excluding hydrogens is 336 g/mol. The SMILES string of the molecule is CC(C)(F)C(=O)Nc1ccc(F)c([C@]2(C)COCC(N)=N2)c1.O=CO. The molecule has 1 atom stereocenters. The number of alkyl halides is 1. The number of carbonyl (C=O) groups excluding carboxylic acids is 1. The molecule has 9 heteroatoms. The molecular formula is C16H21F2N3O4. The first-order valence-corrected chi connectivity index (χ1v) is 7.33. The summed E-state index contributed by atoms with van der Waals surface area (Å²) in [4.78, 5) is 24.3. The third-order valence-corrected chi connectivity index (χ3v) is 3.37. The van der Waals surface area contributed by atoms with Crippen molar-refractivity contribution in [2.45, 2.75) is 32.0 Å². The van der Waals surface area contributed by atoms with E-state index in [-0.39, 0.29) is 36.8 Å². The molecule has 1 aliphatic rings. The average Bonchev–Trinajstić information content (AvgIpc) is 2.48. The van der Waals surface area contributed by atoms with Crippen LogP contribution in [-0.2, 0) is 19.9 Å². The van der Waals surface area contributed by atoms with E-state index in [1.807, 2.05) is 0 Å². The second kappa shape index (κ2) is 8.02. The van der Waals surface area contributed by atoms with E-state index in [0.29, 0.717) is 0 Å². The number of halogens is 2. The van der Waals surface area contributed by atoms with Crippen molar-refractivity contribution in [3.63, 3.8) is 0 Å². The van der Waals surface area contributed by atoms with E-state index in [9.17, 15) is 13.6 Å². The van der Waals surface area contributed by atoms with Crippen LogP contribution in [0.2, 0.25) is 0 Å². The number of amides is 1. The second-order valence-electron chi connectivity index (χ2n) is 6.10. The van der Waals surface area contributed by atoms with Gasteiger partial charge in [0.15, 0.2) is 5.67 Å². The van der Waals surface area contributed by atoms with Gasteiger partial charge in [0.1, 0.15) is 23.8 Å². The topological polar surface area (TPSA) is 114 Å². The molecule has 25 heavy (non-hydrogen) atoms. The maximum Gasteiger partial charge on any atom is 0.290 e. The van der Waals surface area contributed by atoms with Crippen molar-refractivity contribution in [1.29, 1.82) is 0 Å². The van der Waals surface area contributed by atoms with Gasteiger partial charge < -0.3 is 20.9 Å². The number of nitrogens with one attached hydrogen (secondary N) is 1. The molecule has 0 bridgehead atoms. The molecule has 0 aromatic heterocycles. The number of nitrogens with two attached hydrogens (primary N) is 1. The third kappa shape index (κ3) is 5.49. The average molecular weight is 357 g/mol. The predicted octanol–water partition coefficient (Wildman–Crippen LogP) is 1.82. The molecule has 1 heterocycles. The Morgan fingerprint density at radius 2 is 2.12 bits per heavy atom. The maximum absolute atomic E-state index is 14.1. The fraction of sp³-hybridized carbons (Fsp3) is 0.438. The molecule has 0 spiro atoms. The summed E-state index contributed by atoms with van der Waals surface area (Å²) in [7, 11) is 0. The molecule has 0 saturated carbocycles. The molecule has 4 N–H and O–H groups in total. The Kier molecular flexibility index (Phi) is 6.57. The number of nitrogens with zero attached hydrogens (tertiary/aromatic N) is 1. The van der Waals surface area contributed by atoms with Crippen molar-refractivity contribution >= 4 is 23.9 Å². The van der Waals surface area contributed by atoms with E-state index in [1.54, 1.807) is 6.92 Å². The normalized spacial score (nSPS) is 20.0. The zero-order chi connectivity index (χ0) is 19.3. The van der Waals surface area contributed by atoms with Crippen LogP contribution in [0, 0.1) is 5.82 Å². The van der Waals surface area contributed by atoms with Gasteiger partial charge in [0, 0.05) is 11.3 Å². The zero-order valence-electron chi connectivity index (χ0n) is 14.2. The molecule has 1 aromatic rings. The number of carbonyl (C=O) groups is 2. The number of benzene rings is 1. The first-order valence-electron chi connectivity index (χ1n) is 7.33. The monoisotopic (exact) mass is 357 g/mol. The van der Waals surface area contributed by atoms with Gasteiger partial charge in [-0.15, -0.1) is 0 Å². The lowest BCUT2D eigenvalue weighted by molar-refractivity contribution is -0.125. The highest BCUT2D eigenvalue weighted by Gasteiger charge is 2.33. The minimum Gasteiger partial charge on any atom is -0.483 e. The second-order valence-corrected chi connectivity index (χ2v) is 6.10. The van der Waals surface area contributed by atoms with E-state index in [2.05, 4.69) is 10.3 Å². The molecule has 2 rings (SSSR count). The Bertz CT molecular complexity index is 674. The van der Waals surface area contributed by atoms with Gasteiger partial charge in [-0.05, 0) is 39.0 Å². The van der Waals surface area contributed by atoms with E-state index in [0.717, 1.165) is 13.8 Å². The summed E-state index contributed by atoms with van der Waals surface area (Å²) in [5, 5.41) is 9.30. The van der Waals surface area contributed by atoms with Crippen molar-refractivity contribution in [2.24, 2.45) is 10.7 Å². The van der Waals surface area contributed by atoms with Crippen LogP contribution < -0.4 is 11.1 Å². The van der Waals surface area contributed by atoms with Crippen molar-refractivity contribution in [3.8, 4) is 0 Å². The fourth-order valence-electron chi connectivity index (χ4n) is 2.17. The van der Waals surface area contributed by atoms with Gasteiger partial charge in [-0.25, -0.2) is 8.78 Å². The number of aliphatic imine (C=N–C) groups is 1. The van der Waals surface area contributed by atoms with E-state index in [1.165, 1.54) is 18.2 Å². The lowest BCUT2D eigenvalue weighted by Crippen LogP contribution is -2.38. The van der Waals surface area contributed by atoms with Gasteiger partial charge in [-0.1, -0.05) is 0 Å². The highest BCUT2D eigenvalue weighted by molar-refractivity contribution is 5.96. The van der Waals surface area contributed by atoms with Crippen molar-refractivity contribution in [2.75, 3.05) is 18.5 Å². The minimum atomic E-state index is -2.03. The van der Waals surface area contributed by atoms with Crippen molar-refractivity contribution in [1.82, 2.24) is 0 Å². The maximum atomic E-state index is 14.1. The van der Waals surface area contributed by atoms with Crippen molar-refractivity contribution < 1.29 is 28.2 Å². The Labute approximate surface area is 143 Å². The summed E-state index contributed by atoms with van der Waals surface area (Å²) in [5.74, 6) is -1.03. The number of carboxylic acid groups (broad SMARTS) is 1. The quantitative estimate of drug-likeness (QED) is 0.714. The van der Waals surface area contributed by atoms with Crippen LogP contribution in [0.4, 0.5) is 14.5 Å². The Morgan fingerprint density at radius 3 is 2.64 bits per heavy atom. The van der Waals surface area contributed by atoms with Crippen molar-refractivity contribution in [3.05, 3.63) is 29.6 Å². The van der Waals surface area contributed by atoms with Crippen LogP contribution in [0.3, 0.4) is 0 Å². The molecule has 1 amide bonds. The standard InChI is InChI=1S/C15H19F2N3O2.CH2O2/c1-14(2,17)13(21)19-9-4-5-11(16)10(6-9)15(3)8-22-7-12(18)20-15;2-1-3/h4-6H,7-8H2,1-3H3,(H2,18,20)(H,19,21);1H,(H,2,3)/t15-;/m0./s1.